The van der Waals surface area contributed by atoms with E-state index in [1.807, 2.05) is 6.07 Å². The molecule has 9 nitrogen and oxygen atoms in total. The summed E-state index contributed by atoms with van der Waals surface area (Å²) in [6, 6.07) is 17.5. The van der Waals surface area contributed by atoms with E-state index >= 15 is 0 Å². The van der Waals surface area contributed by atoms with Crippen LogP contribution in [0.25, 0.3) is 22.9 Å². The van der Waals surface area contributed by atoms with Gasteiger partial charge >= 0.3 is 5.97 Å². The number of rotatable bonds is 9. The summed E-state index contributed by atoms with van der Waals surface area (Å²) in [6.07, 6.45) is 5.84. The van der Waals surface area contributed by atoms with E-state index in [-0.39, 0.29) is 12.3 Å². The van der Waals surface area contributed by atoms with E-state index in [9.17, 15) is 9.59 Å². The number of aromatic nitrogens is 3. The molecule has 208 valence electrons. The Bertz CT molecular complexity index is 1650. The van der Waals surface area contributed by atoms with E-state index in [2.05, 4.69) is 44.8 Å². The average Bonchev–Trinajstić information content (AvgIpc) is 3.78. The Morgan fingerprint density at radius 2 is 1.78 bits per heavy atom. The van der Waals surface area contributed by atoms with Gasteiger partial charge in [-0.2, -0.15) is 0 Å². The number of thioether (sulfide) groups is 1. The highest BCUT2D eigenvalue weighted by molar-refractivity contribution is 7.99. The minimum atomic E-state index is -0.424. The van der Waals surface area contributed by atoms with Crippen LogP contribution in [0.4, 0.5) is 5.00 Å². The molecule has 1 N–H and O–H groups in total. The van der Waals surface area contributed by atoms with Crippen molar-refractivity contribution < 1.29 is 23.2 Å². The van der Waals surface area contributed by atoms with Gasteiger partial charge in [-0.25, -0.2) is 9.78 Å². The molecule has 5 aromatic rings. The molecule has 1 aromatic carbocycles. The van der Waals surface area contributed by atoms with E-state index in [0.717, 1.165) is 29.7 Å². The molecule has 0 radical (unpaired) electrons. The number of anilines is 1. The minimum absolute atomic E-state index is 0.194. The highest BCUT2D eigenvalue weighted by atomic mass is 32.2. The second kappa shape index (κ2) is 12.1. The fourth-order valence-corrected chi connectivity index (χ4v) is 7.02. The molecule has 0 fully saturated rings. The lowest BCUT2D eigenvalue weighted by atomic mass is 9.83. The van der Waals surface area contributed by atoms with Crippen LogP contribution >= 0.6 is 23.1 Å². The second-order valence-corrected chi connectivity index (χ2v) is 11.6. The van der Waals surface area contributed by atoms with Gasteiger partial charge < -0.3 is 18.9 Å². The van der Waals surface area contributed by atoms with Gasteiger partial charge in [-0.1, -0.05) is 42.1 Å². The minimum Gasteiger partial charge on any atom is -0.465 e. The first-order chi connectivity index (χ1) is 20.1. The van der Waals surface area contributed by atoms with E-state index in [1.165, 1.54) is 35.8 Å². The van der Waals surface area contributed by atoms with Gasteiger partial charge in [0.05, 0.1) is 25.2 Å². The van der Waals surface area contributed by atoms with Crippen molar-refractivity contribution in [1.82, 2.24) is 15.2 Å². The molecule has 4 aromatic heterocycles. The number of hydrogen-bond acceptors (Lipinski definition) is 10. The van der Waals surface area contributed by atoms with Crippen molar-refractivity contribution in [2.24, 2.45) is 0 Å². The Morgan fingerprint density at radius 3 is 2.49 bits per heavy atom. The molecule has 0 saturated heterocycles. The zero-order valence-electron chi connectivity index (χ0n) is 22.2. The first-order valence-electron chi connectivity index (χ1n) is 13.1. The lowest BCUT2D eigenvalue weighted by Gasteiger charge is -2.22. The Labute approximate surface area is 244 Å². The molecule has 1 unspecified atom stereocenters. The molecule has 6 rings (SSSR count). The molecule has 1 aliphatic carbocycles. The number of amides is 1. The summed E-state index contributed by atoms with van der Waals surface area (Å²) >= 11 is 2.78. The Hall–Kier alpha value is -4.22. The van der Waals surface area contributed by atoms with E-state index in [1.54, 1.807) is 36.8 Å². The summed E-state index contributed by atoms with van der Waals surface area (Å²) in [6.45, 7) is 0. The fourth-order valence-electron chi connectivity index (χ4n) is 4.96. The number of carbonyl (C=O) groups is 2. The van der Waals surface area contributed by atoms with Gasteiger partial charge in [-0.15, -0.1) is 21.5 Å². The van der Waals surface area contributed by atoms with Crippen LogP contribution in [-0.2, 0) is 22.4 Å². The monoisotopic (exact) mass is 586 g/mol. The summed E-state index contributed by atoms with van der Waals surface area (Å²) in [5, 5.41) is 12.5. The molecular weight excluding hydrogens is 560 g/mol. The molecule has 1 amide bonds. The largest absolute Gasteiger partial charge is 0.465 e. The van der Waals surface area contributed by atoms with Gasteiger partial charge in [0.25, 0.3) is 0 Å². The smallest absolute Gasteiger partial charge is 0.341 e. The van der Waals surface area contributed by atoms with Gasteiger partial charge in [0.2, 0.25) is 11.1 Å². The van der Waals surface area contributed by atoms with Crippen molar-refractivity contribution in [3.8, 4) is 22.9 Å². The van der Waals surface area contributed by atoms with Crippen molar-refractivity contribution >= 4 is 40.0 Å². The summed E-state index contributed by atoms with van der Waals surface area (Å²) in [5.41, 5.74) is 3.73. The van der Waals surface area contributed by atoms with E-state index < -0.39 is 5.97 Å². The van der Waals surface area contributed by atoms with Gasteiger partial charge in [0.1, 0.15) is 10.7 Å². The number of nitrogens with one attached hydrogen (secondary N) is 1. The van der Waals surface area contributed by atoms with Crippen LogP contribution in [0, 0.1) is 0 Å². The van der Waals surface area contributed by atoms with Crippen molar-refractivity contribution in [3.63, 3.8) is 0 Å². The molecule has 11 heteroatoms. The Kier molecular flexibility index (Phi) is 7.97. The van der Waals surface area contributed by atoms with Crippen LogP contribution < -0.4 is 5.32 Å². The molecular formula is C30H26N4O5S2. The van der Waals surface area contributed by atoms with Gasteiger partial charge in [-0.05, 0) is 60.6 Å². The summed E-state index contributed by atoms with van der Waals surface area (Å²) in [4.78, 5) is 31.4. The van der Waals surface area contributed by atoms with E-state index in [4.69, 9.17) is 13.6 Å². The highest BCUT2D eigenvalue weighted by Crippen LogP contribution is 2.43. The first-order valence-corrected chi connectivity index (χ1v) is 14.9. The number of ether oxygens (including phenoxy) is 1. The van der Waals surface area contributed by atoms with Gasteiger partial charge in [0.15, 0.2) is 17.2 Å². The number of thiophene rings is 1. The Balaban J connectivity index is 1.13. The highest BCUT2D eigenvalue weighted by Gasteiger charge is 2.30. The van der Waals surface area contributed by atoms with Crippen molar-refractivity contribution in [1.29, 1.82) is 0 Å². The SMILES string of the molecule is COC(=O)c1c(NC(=O)CCSc2nnc(-c3ccco3)c(-c3ccco3)n2)sc2c1CCC(c1ccccc1)C2. The average molecular weight is 587 g/mol. The van der Waals surface area contributed by atoms with Gasteiger partial charge in [-0.3, -0.25) is 4.79 Å². The molecule has 1 atom stereocenters. The van der Waals surface area contributed by atoms with Crippen molar-refractivity contribution in [3.05, 3.63) is 88.7 Å². The number of esters is 1. The molecule has 4 heterocycles. The number of furan rings is 2. The summed E-state index contributed by atoms with van der Waals surface area (Å²) in [7, 11) is 1.37. The van der Waals surface area contributed by atoms with Crippen molar-refractivity contribution in [2.75, 3.05) is 18.2 Å². The third kappa shape index (κ3) is 5.82. The number of methoxy groups -OCH3 is 1. The normalized spacial score (nSPS) is 14.4. The molecule has 0 spiro atoms. The van der Waals surface area contributed by atoms with Crippen LogP contribution in [0.2, 0.25) is 0 Å². The van der Waals surface area contributed by atoms with Gasteiger partial charge in [0, 0.05) is 17.1 Å². The summed E-state index contributed by atoms with van der Waals surface area (Å²) < 4.78 is 16.1. The van der Waals surface area contributed by atoms with Crippen molar-refractivity contribution in [2.45, 2.75) is 36.8 Å². The number of nitrogens with zero attached hydrogens (tertiary/aromatic N) is 3. The van der Waals surface area contributed by atoms with Crippen LogP contribution in [0.5, 0.6) is 0 Å². The zero-order valence-corrected chi connectivity index (χ0v) is 23.8. The maximum atomic E-state index is 13.0. The molecule has 0 aliphatic heterocycles. The third-order valence-corrected chi connectivity index (χ3v) is 8.92. The quantitative estimate of drug-likeness (QED) is 0.150. The van der Waals surface area contributed by atoms with Crippen LogP contribution in [-0.4, -0.2) is 39.9 Å². The predicted octanol–water partition coefficient (Wildman–Crippen LogP) is 6.63. The number of fused-ring (bicyclic) bond motifs is 1. The lowest BCUT2D eigenvalue weighted by Crippen LogP contribution is -2.16. The number of hydrogen-bond donors (Lipinski definition) is 1. The fraction of sp³-hybridized carbons (Fsp3) is 0.233. The predicted molar refractivity (Wildman–Crippen MR) is 156 cm³/mol. The van der Waals surface area contributed by atoms with Crippen LogP contribution in [0.15, 0.2) is 81.1 Å². The number of carbonyl (C=O) groups excluding carboxylic acids is 2. The molecule has 0 bridgehead atoms. The van der Waals surface area contributed by atoms with Crippen LogP contribution in [0.3, 0.4) is 0 Å². The topological polar surface area (TPSA) is 120 Å². The zero-order chi connectivity index (χ0) is 28.2. The summed E-state index contributed by atoms with van der Waals surface area (Å²) in [5.74, 6) is 1.24. The molecule has 41 heavy (non-hydrogen) atoms. The standard InChI is InChI=1S/C30H26N4O5S2/c1-37-29(36)25-20-12-11-19(18-7-3-2-4-8-18)17-23(20)41-28(25)31-24(35)13-16-40-30-32-26(21-9-5-14-38-21)27(33-34-30)22-10-6-15-39-22/h2-10,14-15,19H,11-13,16-17H2,1H3,(H,31,35). The lowest BCUT2D eigenvalue weighted by molar-refractivity contribution is -0.115. The molecule has 1 aliphatic rings. The number of benzene rings is 1. The van der Waals surface area contributed by atoms with Crippen LogP contribution in [0.1, 0.15) is 45.1 Å². The third-order valence-electron chi connectivity index (χ3n) is 6.92. The second-order valence-electron chi connectivity index (χ2n) is 9.44. The first kappa shape index (κ1) is 27.0. The maximum Gasteiger partial charge on any atom is 0.341 e. The van der Waals surface area contributed by atoms with E-state index in [0.29, 0.717) is 50.3 Å². The Morgan fingerprint density at radius 1 is 1.02 bits per heavy atom. The molecule has 0 saturated carbocycles. The maximum absolute atomic E-state index is 13.0.